The molecule has 116 valence electrons. The van der Waals surface area contributed by atoms with Gasteiger partial charge in [-0.05, 0) is 38.3 Å². The van der Waals surface area contributed by atoms with E-state index in [4.69, 9.17) is 0 Å². The predicted octanol–water partition coefficient (Wildman–Crippen LogP) is 2.94. The Bertz CT molecular complexity index is 497. The van der Waals surface area contributed by atoms with Gasteiger partial charge in [0.1, 0.15) is 0 Å². The van der Waals surface area contributed by atoms with Crippen LogP contribution in [0, 0.1) is 6.92 Å². The quantitative estimate of drug-likeness (QED) is 0.687. The molecule has 1 aromatic carbocycles. The first kappa shape index (κ1) is 16.2. The Balaban J connectivity index is 1.87. The molecule has 1 heterocycles. The molecule has 2 rings (SSSR count). The van der Waals surface area contributed by atoms with E-state index in [1.807, 2.05) is 7.05 Å². The molecule has 0 amide bonds. The highest BCUT2D eigenvalue weighted by Crippen LogP contribution is 2.29. The number of hydrogen-bond donors (Lipinski definition) is 1. The molecule has 0 atom stereocenters. The van der Waals surface area contributed by atoms with Crippen molar-refractivity contribution in [1.29, 1.82) is 0 Å². The Labute approximate surface area is 133 Å². The van der Waals surface area contributed by atoms with Gasteiger partial charge in [0.05, 0.1) is 0 Å². The molecule has 3 nitrogen and oxygen atoms in total. The summed E-state index contributed by atoms with van der Waals surface area (Å²) in [6, 6.07) is 8.59. The molecule has 1 N–H and O–H groups in total. The maximum Gasteiger partial charge on any atom is 0.193 e. The van der Waals surface area contributed by atoms with Gasteiger partial charge in [-0.3, -0.25) is 4.99 Å². The number of aliphatic imine (C=N–C) groups is 1. The van der Waals surface area contributed by atoms with Crippen molar-refractivity contribution in [2.75, 3.05) is 32.4 Å². The van der Waals surface area contributed by atoms with Crippen molar-refractivity contribution in [3.63, 3.8) is 0 Å². The third-order valence-electron chi connectivity index (χ3n) is 3.88. The van der Waals surface area contributed by atoms with Crippen molar-refractivity contribution in [1.82, 2.24) is 10.2 Å². The van der Waals surface area contributed by atoms with E-state index in [-0.39, 0.29) is 0 Å². The summed E-state index contributed by atoms with van der Waals surface area (Å²) in [5.41, 5.74) is 2.78. The van der Waals surface area contributed by atoms with E-state index >= 15 is 0 Å². The second-order valence-corrected chi connectivity index (χ2v) is 7.98. The van der Waals surface area contributed by atoms with E-state index in [1.54, 1.807) is 0 Å². The van der Waals surface area contributed by atoms with Crippen molar-refractivity contribution in [3.05, 3.63) is 35.4 Å². The summed E-state index contributed by atoms with van der Waals surface area (Å²) in [5.74, 6) is 2.21. The van der Waals surface area contributed by atoms with Crippen molar-refractivity contribution >= 4 is 17.7 Å². The van der Waals surface area contributed by atoms with E-state index < -0.39 is 0 Å². The SMILES string of the molecule is CN=C(NCCc1ccccc1C)N1CCSC(C)(C)C1. The van der Waals surface area contributed by atoms with Crippen LogP contribution in [0.15, 0.2) is 29.3 Å². The molecule has 0 spiro atoms. The summed E-state index contributed by atoms with van der Waals surface area (Å²) in [6.07, 6.45) is 1.04. The van der Waals surface area contributed by atoms with E-state index in [0.29, 0.717) is 4.75 Å². The highest BCUT2D eigenvalue weighted by atomic mass is 32.2. The lowest BCUT2D eigenvalue weighted by Gasteiger charge is -2.39. The molecule has 1 aromatic rings. The first-order chi connectivity index (χ1) is 10.0. The molecule has 0 unspecified atom stereocenters. The van der Waals surface area contributed by atoms with Gasteiger partial charge in [0.2, 0.25) is 0 Å². The van der Waals surface area contributed by atoms with Gasteiger partial charge in [0.25, 0.3) is 0 Å². The minimum atomic E-state index is 0.311. The Morgan fingerprint density at radius 1 is 1.38 bits per heavy atom. The van der Waals surface area contributed by atoms with Gasteiger partial charge in [-0.1, -0.05) is 24.3 Å². The van der Waals surface area contributed by atoms with Gasteiger partial charge in [0, 0.05) is 37.2 Å². The van der Waals surface area contributed by atoms with Crippen LogP contribution >= 0.6 is 11.8 Å². The number of hydrogen-bond acceptors (Lipinski definition) is 2. The zero-order chi connectivity index (χ0) is 15.3. The Morgan fingerprint density at radius 2 is 2.14 bits per heavy atom. The normalized spacial score (nSPS) is 18.7. The van der Waals surface area contributed by atoms with Crippen LogP contribution in [0.3, 0.4) is 0 Å². The molecule has 0 aromatic heterocycles. The molecule has 1 aliphatic rings. The number of rotatable bonds is 3. The molecule has 0 saturated carbocycles. The van der Waals surface area contributed by atoms with Crippen LogP contribution in [0.1, 0.15) is 25.0 Å². The highest BCUT2D eigenvalue weighted by molar-refractivity contribution is 8.00. The summed E-state index contributed by atoms with van der Waals surface area (Å²) >= 11 is 2.05. The maximum absolute atomic E-state index is 4.45. The van der Waals surface area contributed by atoms with Gasteiger partial charge < -0.3 is 10.2 Å². The van der Waals surface area contributed by atoms with Crippen LogP contribution in [0.25, 0.3) is 0 Å². The van der Waals surface area contributed by atoms with Gasteiger partial charge in [-0.2, -0.15) is 11.8 Å². The summed E-state index contributed by atoms with van der Waals surface area (Å²) in [7, 11) is 1.88. The standard InChI is InChI=1S/C17H27N3S/c1-14-7-5-6-8-15(14)9-10-19-16(18-4)20-11-12-21-17(2,3)13-20/h5-8H,9-13H2,1-4H3,(H,18,19). The fourth-order valence-corrected chi connectivity index (χ4v) is 3.84. The van der Waals surface area contributed by atoms with Crippen molar-refractivity contribution in [2.45, 2.75) is 31.9 Å². The molecule has 1 saturated heterocycles. The molecule has 1 aliphatic heterocycles. The molecular weight excluding hydrogens is 278 g/mol. The topological polar surface area (TPSA) is 27.6 Å². The van der Waals surface area contributed by atoms with E-state index in [2.05, 4.69) is 72.0 Å². The number of guanidine groups is 1. The Morgan fingerprint density at radius 3 is 2.81 bits per heavy atom. The van der Waals surface area contributed by atoms with Crippen molar-refractivity contribution in [3.8, 4) is 0 Å². The first-order valence-corrected chi connectivity index (χ1v) is 8.64. The highest BCUT2D eigenvalue weighted by Gasteiger charge is 2.28. The third-order valence-corrected chi connectivity index (χ3v) is 5.17. The lowest BCUT2D eigenvalue weighted by atomic mass is 10.1. The minimum absolute atomic E-state index is 0.311. The predicted molar refractivity (Wildman–Crippen MR) is 94.4 cm³/mol. The van der Waals surface area contributed by atoms with E-state index in [9.17, 15) is 0 Å². The molecule has 0 bridgehead atoms. The van der Waals surface area contributed by atoms with Crippen molar-refractivity contribution < 1.29 is 0 Å². The van der Waals surface area contributed by atoms with E-state index in [0.717, 1.165) is 32.0 Å². The van der Waals surface area contributed by atoms with Crippen LogP contribution in [0.2, 0.25) is 0 Å². The lowest BCUT2D eigenvalue weighted by molar-refractivity contribution is 0.376. The average molecular weight is 305 g/mol. The lowest BCUT2D eigenvalue weighted by Crippen LogP contribution is -2.51. The maximum atomic E-state index is 4.45. The monoisotopic (exact) mass is 305 g/mol. The van der Waals surface area contributed by atoms with Crippen LogP contribution in [0.4, 0.5) is 0 Å². The van der Waals surface area contributed by atoms with Crippen LogP contribution in [0.5, 0.6) is 0 Å². The van der Waals surface area contributed by atoms with E-state index in [1.165, 1.54) is 16.9 Å². The summed E-state index contributed by atoms with van der Waals surface area (Å²) in [4.78, 5) is 6.84. The summed E-state index contributed by atoms with van der Waals surface area (Å²) in [6.45, 7) is 9.87. The van der Waals surface area contributed by atoms with Crippen LogP contribution in [-0.2, 0) is 6.42 Å². The second-order valence-electron chi connectivity index (χ2n) is 6.18. The molecule has 1 fully saturated rings. The number of nitrogens with one attached hydrogen (secondary N) is 1. The number of aryl methyl sites for hydroxylation is 1. The zero-order valence-electron chi connectivity index (χ0n) is 13.6. The fourth-order valence-electron chi connectivity index (χ4n) is 2.73. The van der Waals surface area contributed by atoms with Gasteiger partial charge in [-0.15, -0.1) is 0 Å². The summed E-state index contributed by atoms with van der Waals surface area (Å²) in [5, 5.41) is 3.52. The number of nitrogens with zero attached hydrogens (tertiary/aromatic N) is 2. The number of thioether (sulfide) groups is 1. The largest absolute Gasteiger partial charge is 0.356 e. The molecule has 4 heteroatoms. The molecule has 21 heavy (non-hydrogen) atoms. The zero-order valence-corrected chi connectivity index (χ0v) is 14.5. The van der Waals surface area contributed by atoms with Crippen molar-refractivity contribution in [2.24, 2.45) is 4.99 Å². The van der Waals surface area contributed by atoms with Gasteiger partial charge in [-0.25, -0.2) is 0 Å². The Kier molecular flexibility index (Phi) is 5.57. The third kappa shape index (κ3) is 4.67. The van der Waals surface area contributed by atoms with Crippen LogP contribution < -0.4 is 5.32 Å². The molecular formula is C17H27N3S. The van der Waals surface area contributed by atoms with Crippen LogP contribution in [-0.4, -0.2) is 48.0 Å². The second kappa shape index (κ2) is 7.21. The smallest absolute Gasteiger partial charge is 0.193 e. The summed E-state index contributed by atoms with van der Waals surface area (Å²) < 4.78 is 0.311. The molecule has 0 radical (unpaired) electrons. The first-order valence-electron chi connectivity index (χ1n) is 7.66. The molecule has 0 aliphatic carbocycles. The Hall–Kier alpha value is -1.16. The van der Waals surface area contributed by atoms with Gasteiger partial charge >= 0.3 is 0 Å². The average Bonchev–Trinajstić information content (AvgIpc) is 2.44. The minimum Gasteiger partial charge on any atom is -0.356 e. The van der Waals surface area contributed by atoms with Gasteiger partial charge in [0.15, 0.2) is 5.96 Å². The number of benzene rings is 1. The fraction of sp³-hybridized carbons (Fsp3) is 0.588.